The Morgan fingerprint density at radius 1 is 1.22 bits per heavy atom. The van der Waals surface area contributed by atoms with Gasteiger partial charge in [-0.05, 0) is 38.0 Å². The highest BCUT2D eigenvalue weighted by atomic mass is 35.5. The average molecular weight is 333 g/mol. The van der Waals surface area contributed by atoms with Gasteiger partial charge in [0.25, 0.3) is 0 Å². The molecule has 1 fully saturated rings. The lowest BCUT2D eigenvalue weighted by Gasteiger charge is -2.22. The van der Waals surface area contributed by atoms with Gasteiger partial charge in [0, 0.05) is 10.7 Å². The minimum atomic E-state index is -0.848. The third-order valence-corrected chi connectivity index (χ3v) is 4.64. The van der Waals surface area contributed by atoms with Gasteiger partial charge in [0.15, 0.2) is 0 Å². The van der Waals surface area contributed by atoms with Crippen LogP contribution in [0.4, 0.5) is 5.69 Å². The maximum atomic E-state index is 12.5. The van der Waals surface area contributed by atoms with Gasteiger partial charge in [-0.2, -0.15) is 0 Å². The van der Waals surface area contributed by atoms with Gasteiger partial charge >= 0.3 is 0 Å². The van der Waals surface area contributed by atoms with Crippen molar-refractivity contribution in [2.75, 3.05) is 5.32 Å². The highest BCUT2D eigenvalue weighted by molar-refractivity contribution is 6.30. The molecular weight excluding hydrogens is 316 g/mol. The van der Waals surface area contributed by atoms with Crippen molar-refractivity contribution in [3.63, 3.8) is 0 Å². The van der Waals surface area contributed by atoms with E-state index in [1.165, 1.54) is 0 Å². The molecule has 1 aliphatic heterocycles. The number of amides is 3. The Hall–Kier alpha value is -2.14. The summed E-state index contributed by atoms with van der Waals surface area (Å²) >= 11 is 5.89. The molecule has 3 rings (SSSR count). The normalized spacial score (nSPS) is 24.5. The van der Waals surface area contributed by atoms with Gasteiger partial charge in [0.2, 0.25) is 17.7 Å². The summed E-state index contributed by atoms with van der Waals surface area (Å²) in [6.07, 6.45) is 4.97. The Morgan fingerprint density at radius 3 is 2.39 bits per heavy atom. The summed E-state index contributed by atoms with van der Waals surface area (Å²) in [6.45, 7) is 1.57. The van der Waals surface area contributed by atoms with Crippen LogP contribution in [0.25, 0.3) is 0 Å². The molecule has 0 spiro atoms. The Bertz CT molecular complexity index is 675. The van der Waals surface area contributed by atoms with Gasteiger partial charge in [-0.3, -0.25) is 19.3 Å². The number of allylic oxidation sites excluding steroid dienone is 2. The molecule has 3 atom stereocenters. The molecule has 0 aromatic heterocycles. The minimum Gasteiger partial charge on any atom is -0.324 e. The second-order valence-corrected chi connectivity index (χ2v) is 6.31. The van der Waals surface area contributed by atoms with Gasteiger partial charge in [0.05, 0.1) is 11.8 Å². The predicted octanol–water partition coefficient (Wildman–Crippen LogP) is 2.62. The number of benzene rings is 1. The number of carbonyl (C=O) groups is 3. The fourth-order valence-electron chi connectivity index (χ4n) is 3.14. The summed E-state index contributed by atoms with van der Waals surface area (Å²) in [5.74, 6) is -1.56. The van der Waals surface area contributed by atoms with Crippen LogP contribution in [0.5, 0.6) is 0 Å². The standard InChI is InChI=1S/C17H17ClN2O3/c1-10(15(21)19-12-6-4-5-11(18)9-12)20-16(22)13-7-2-3-8-14(13)17(20)23/h2-6,9-10,13-14H,7-8H2,1H3,(H,19,21)/t10-,13-,14+/m1/s1. The van der Waals surface area contributed by atoms with E-state index in [1.54, 1.807) is 31.2 Å². The fourth-order valence-corrected chi connectivity index (χ4v) is 3.33. The number of likely N-dealkylation sites (tertiary alicyclic amines) is 1. The molecule has 2 aliphatic rings. The first kappa shape index (κ1) is 15.7. The van der Waals surface area contributed by atoms with Crippen molar-refractivity contribution < 1.29 is 14.4 Å². The SMILES string of the molecule is C[C@H](C(=O)Nc1cccc(Cl)c1)N1C(=O)[C@H]2CC=CC[C@H]2C1=O. The maximum absolute atomic E-state index is 12.5. The molecule has 3 amide bonds. The molecule has 1 aromatic rings. The lowest BCUT2D eigenvalue weighted by molar-refractivity contribution is -0.146. The number of hydrogen-bond acceptors (Lipinski definition) is 3. The summed E-state index contributed by atoms with van der Waals surface area (Å²) in [4.78, 5) is 38.5. The summed E-state index contributed by atoms with van der Waals surface area (Å²) < 4.78 is 0. The van der Waals surface area contributed by atoms with E-state index in [1.807, 2.05) is 12.2 Å². The van der Waals surface area contributed by atoms with E-state index in [0.29, 0.717) is 23.6 Å². The smallest absolute Gasteiger partial charge is 0.247 e. The van der Waals surface area contributed by atoms with E-state index in [2.05, 4.69) is 5.32 Å². The van der Waals surface area contributed by atoms with Crippen LogP contribution in [0.2, 0.25) is 5.02 Å². The van der Waals surface area contributed by atoms with Gasteiger partial charge in [-0.15, -0.1) is 0 Å². The van der Waals surface area contributed by atoms with Crippen LogP contribution in [-0.2, 0) is 14.4 Å². The quantitative estimate of drug-likeness (QED) is 0.683. The molecule has 1 N–H and O–H groups in total. The van der Waals surface area contributed by atoms with Gasteiger partial charge in [0.1, 0.15) is 6.04 Å². The van der Waals surface area contributed by atoms with E-state index in [0.717, 1.165) is 4.90 Å². The predicted molar refractivity (Wildman–Crippen MR) is 86.8 cm³/mol. The van der Waals surface area contributed by atoms with Crippen LogP contribution in [-0.4, -0.2) is 28.7 Å². The molecule has 1 aromatic carbocycles. The van der Waals surface area contributed by atoms with Crippen molar-refractivity contribution >= 4 is 35.0 Å². The average Bonchev–Trinajstić information content (AvgIpc) is 2.79. The number of nitrogens with zero attached hydrogens (tertiary/aromatic N) is 1. The number of imide groups is 1. The second kappa shape index (κ2) is 6.16. The highest BCUT2D eigenvalue weighted by Gasteiger charge is 2.50. The van der Waals surface area contributed by atoms with E-state index in [9.17, 15) is 14.4 Å². The van der Waals surface area contributed by atoms with Gasteiger partial charge in [-0.25, -0.2) is 0 Å². The molecule has 1 saturated heterocycles. The van der Waals surface area contributed by atoms with Crippen molar-refractivity contribution in [2.24, 2.45) is 11.8 Å². The first-order valence-electron chi connectivity index (χ1n) is 7.57. The van der Waals surface area contributed by atoms with Crippen molar-refractivity contribution in [3.8, 4) is 0 Å². The molecule has 5 nitrogen and oxygen atoms in total. The molecule has 0 bridgehead atoms. The van der Waals surface area contributed by atoms with Gasteiger partial charge < -0.3 is 5.32 Å². The summed E-state index contributed by atoms with van der Waals surface area (Å²) in [7, 11) is 0. The summed E-state index contributed by atoms with van der Waals surface area (Å²) in [6, 6.07) is 5.89. The third-order valence-electron chi connectivity index (χ3n) is 4.40. The molecule has 1 heterocycles. The number of fused-ring (bicyclic) bond motifs is 1. The zero-order chi connectivity index (χ0) is 16.6. The van der Waals surface area contributed by atoms with Crippen molar-refractivity contribution in [3.05, 3.63) is 41.4 Å². The number of rotatable bonds is 3. The Kier molecular flexibility index (Phi) is 4.22. The molecule has 120 valence electrons. The molecule has 0 unspecified atom stereocenters. The number of carbonyl (C=O) groups excluding carboxylic acids is 3. The highest BCUT2D eigenvalue weighted by Crippen LogP contribution is 2.36. The molecule has 0 saturated carbocycles. The zero-order valence-corrected chi connectivity index (χ0v) is 13.4. The van der Waals surface area contributed by atoms with E-state index in [4.69, 9.17) is 11.6 Å². The number of hydrogen-bond donors (Lipinski definition) is 1. The Labute approximate surface area is 139 Å². The van der Waals surface area contributed by atoms with E-state index < -0.39 is 11.9 Å². The van der Waals surface area contributed by atoms with Crippen LogP contribution in [0.3, 0.4) is 0 Å². The first-order valence-corrected chi connectivity index (χ1v) is 7.95. The van der Waals surface area contributed by atoms with E-state index >= 15 is 0 Å². The number of halogens is 1. The lowest BCUT2D eigenvalue weighted by Crippen LogP contribution is -2.46. The molecular formula is C17H17ClN2O3. The monoisotopic (exact) mass is 332 g/mol. The molecule has 6 heteroatoms. The zero-order valence-electron chi connectivity index (χ0n) is 12.7. The van der Waals surface area contributed by atoms with Crippen LogP contribution in [0.15, 0.2) is 36.4 Å². The Morgan fingerprint density at radius 2 is 1.83 bits per heavy atom. The van der Waals surface area contributed by atoms with Crippen molar-refractivity contribution in [2.45, 2.75) is 25.8 Å². The third kappa shape index (κ3) is 2.88. The lowest BCUT2D eigenvalue weighted by atomic mass is 9.85. The summed E-state index contributed by atoms with van der Waals surface area (Å²) in [5, 5.41) is 3.20. The molecule has 1 aliphatic carbocycles. The molecule has 23 heavy (non-hydrogen) atoms. The van der Waals surface area contributed by atoms with Gasteiger partial charge in [-0.1, -0.05) is 29.8 Å². The maximum Gasteiger partial charge on any atom is 0.247 e. The number of nitrogens with one attached hydrogen (secondary N) is 1. The van der Waals surface area contributed by atoms with Crippen LogP contribution < -0.4 is 5.32 Å². The second-order valence-electron chi connectivity index (χ2n) is 5.88. The van der Waals surface area contributed by atoms with Crippen LogP contribution >= 0.6 is 11.6 Å². The fraction of sp³-hybridized carbons (Fsp3) is 0.353. The summed E-state index contributed by atoms with van der Waals surface area (Å²) in [5.41, 5.74) is 0.535. The van der Waals surface area contributed by atoms with Crippen LogP contribution in [0.1, 0.15) is 19.8 Å². The first-order chi connectivity index (χ1) is 11.0. The molecule has 0 radical (unpaired) electrons. The van der Waals surface area contributed by atoms with E-state index in [-0.39, 0.29) is 23.7 Å². The van der Waals surface area contributed by atoms with Crippen molar-refractivity contribution in [1.29, 1.82) is 0 Å². The Balaban J connectivity index is 1.75. The largest absolute Gasteiger partial charge is 0.324 e. The minimum absolute atomic E-state index is 0.252. The van der Waals surface area contributed by atoms with Crippen LogP contribution in [0, 0.1) is 11.8 Å². The number of anilines is 1. The van der Waals surface area contributed by atoms with Crippen molar-refractivity contribution in [1.82, 2.24) is 4.90 Å². The topological polar surface area (TPSA) is 66.5 Å².